The summed E-state index contributed by atoms with van der Waals surface area (Å²) < 4.78 is 13.0. The first-order valence-electron chi connectivity index (χ1n) is 6.59. The number of benzene rings is 2. The molecule has 3 nitrogen and oxygen atoms in total. The molecule has 0 spiro atoms. The summed E-state index contributed by atoms with van der Waals surface area (Å²) in [6.45, 7) is 2.00. The second-order valence-electron chi connectivity index (χ2n) is 4.70. The van der Waals surface area contributed by atoms with Crippen LogP contribution in [0.15, 0.2) is 47.4 Å². The lowest BCUT2D eigenvalue weighted by molar-refractivity contribution is -0.115. The molecule has 110 valence electrons. The minimum atomic E-state index is -0.366. The maximum Gasteiger partial charge on any atom is 0.225 e. The van der Waals surface area contributed by atoms with Gasteiger partial charge in [0.05, 0.1) is 0 Å². The zero-order valence-electron chi connectivity index (χ0n) is 11.7. The number of rotatable bonds is 5. The van der Waals surface area contributed by atoms with E-state index in [1.807, 2.05) is 25.1 Å². The van der Waals surface area contributed by atoms with Crippen molar-refractivity contribution in [2.75, 3.05) is 16.8 Å². The summed E-state index contributed by atoms with van der Waals surface area (Å²) in [6, 6.07) is 11.7. The number of carbonyl (C=O) groups is 1. The number of hydrogen-bond donors (Lipinski definition) is 2. The monoisotopic (exact) mass is 304 g/mol. The minimum absolute atomic E-state index is 0.140. The maximum atomic E-state index is 13.0. The standard InChI is InChI=1S/C16H17FN2OS/c1-11-5-6-14(18)15(9-11)21-8-7-16(20)19-13-4-2-3-12(17)10-13/h2-6,9-10H,7-8,18H2,1H3,(H,19,20). The lowest BCUT2D eigenvalue weighted by Crippen LogP contribution is -2.12. The number of halogens is 1. The van der Waals surface area contributed by atoms with Crippen molar-refractivity contribution in [1.82, 2.24) is 0 Å². The highest BCUT2D eigenvalue weighted by atomic mass is 32.2. The van der Waals surface area contributed by atoms with Crippen LogP contribution >= 0.6 is 11.8 Å². The number of anilines is 2. The fraction of sp³-hybridized carbons (Fsp3) is 0.188. The number of aryl methyl sites for hydroxylation is 1. The van der Waals surface area contributed by atoms with E-state index in [-0.39, 0.29) is 11.7 Å². The van der Waals surface area contributed by atoms with Crippen LogP contribution in [0.1, 0.15) is 12.0 Å². The first kappa shape index (κ1) is 15.4. The van der Waals surface area contributed by atoms with Gasteiger partial charge < -0.3 is 11.1 Å². The van der Waals surface area contributed by atoms with Gasteiger partial charge >= 0.3 is 0 Å². The molecular formula is C16H17FN2OS. The molecule has 0 saturated carbocycles. The van der Waals surface area contributed by atoms with Crippen LogP contribution < -0.4 is 11.1 Å². The minimum Gasteiger partial charge on any atom is -0.398 e. The fourth-order valence-electron chi connectivity index (χ4n) is 1.81. The normalized spacial score (nSPS) is 10.4. The smallest absolute Gasteiger partial charge is 0.225 e. The molecule has 0 fully saturated rings. The molecule has 5 heteroatoms. The summed E-state index contributed by atoms with van der Waals surface area (Å²) in [6.07, 6.45) is 0.342. The van der Waals surface area contributed by atoms with Crippen LogP contribution in [0.4, 0.5) is 15.8 Å². The summed E-state index contributed by atoms with van der Waals surface area (Å²) in [7, 11) is 0. The average Bonchev–Trinajstić information content (AvgIpc) is 2.42. The molecule has 2 aromatic carbocycles. The number of hydrogen-bond acceptors (Lipinski definition) is 3. The number of thioether (sulfide) groups is 1. The highest BCUT2D eigenvalue weighted by Gasteiger charge is 2.05. The van der Waals surface area contributed by atoms with Gasteiger partial charge in [0.25, 0.3) is 0 Å². The molecule has 0 aliphatic rings. The Kier molecular flexibility index (Phi) is 5.22. The molecule has 0 radical (unpaired) electrons. The Bertz CT molecular complexity index is 646. The van der Waals surface area contributed by atoms with Crippen LogP contribution in [0.5, 0.6) is 0 Å². The Hall–Kier alpha value is -2.01. The Balaban J connectivity index is 1.83. The van der Waals surface area contributed by atoms with E-state index in [0.29, 0.717) is 17.9 Å². The van der Waals surface area contributed by atoms with E-state index < -0.39 is 0 Å². The van der Waals surface area contributed by atoms with Crippen molar-refractivity contribution in [3.63, 3.8) is 0 Å². The number of nitrogens with one attached hydrogen (secondary N) is 1. The predicted molar refractivity (Wildman–Crippen MR) is 86.0 cm³/mol. The molecule has 21 heavy (non-hydrogen) atoms. The molecule has 0 aromatic heterocycles. The summed E-state index contributed by atoms with van der Waals surface area (Å²) in [5, 5.41) is 2.67. The molecule has 2 aromatic rings. The van der Waals surface area contributed by atoms with Crippen molar-refractivity contribution in [3.05, 3.63) is 53.8 Å². The molecule has 0 aliphatic carbocycles. The number of nitrogens with two attached hydrogens (primary N) is 1. The highest BCUT2D eigenvalue weighted by molar-refractivity contribution is 7.99. The second kappa shape index (κ2) is 7.13. The number of amides is 1. The van der Waals surface area contributed by atoms with Crippen LogP contribution in [0, 0.1) is 12.7 Å². The zero-order chi connectivity index (χ0) is 15.2. The van der Waals surface area contributed by atoms with Crippen LogP contribution in [0.3, 0.4) is 0 Å². The van der Waals surface area contributed by atoms with Crippen LogP contribution in [-0.2, 0) is 4.79 Å². The lowest BCUT2D eigenvalue weighted by Gasteiger charge is -2.07. The molecule has 0 unspecified atom stereocenters. The Morgan fingerprint density at radius 2 is 2.10 bits per heavy atom. The lowest BCUT2D eigenvalue weighted by atomic mass is 10.2. The van der Waals surface area contributed by atoms with E-state index in [4.69, 9.17) is 5.73 Å². The van der Waals surface area contributed by atoms with Gasteiger partial charge in [0.15, 0.2) is 0 Å². The van der Waals surface area contributed by atoms with Crippen LogP contribution in [0.2, 0.25) is 0 Å². The van der Waals surface area contributed by atoms with Gasteiger partial charge in [0.2, 0.25) is 5.91 Å². The SMILES string of the molecule is Cc1ccc(N)c(SCCC(=O)Nc2cccc(F)c2)c1. The zero-order valence-corrected chi connectivity index (χ0v) is 12.5. The molecule has 3 N–H and O–H groups in total. The molecule has 2 rings (SSSR count). The summed E-state index contributed by atoms with van der Waals surface area (Å²) in [4.78, 5) is 12.8. The van der Waals surface area contributed by atoms with E-state index in [1.165, 1.54) is 12.1 Å². The quantitative estimate of drug-likeness (QED) is 0.652. The van der Waals surface area contributed by atoms with Crippen molar-refractivity contribution in [3.8, 4) is 0 Å². The summed E-state index contributed by atoms with van der Waals surface area (Å²) in [5.74, 6) is 0.114. The third-order valence-corrected chi connectivity index (χ3v) is 3.94. The molecular weight excluding hydrogens is 287 g/mol. The summed E-state index contributed by atoms with van der Waals surface area (Å²) in [5.41, 5.74) is 8.21. The average molecular weight is 304 g/mol. The summed E-state index contributed by atoms with van der Waals surface area (Å²) >= 11 is 1.54. The van der Waals surface area contributed by atoms with Gasteiger partial charge in [-0.1, -0.05) is 12.1 Å². The Labute approximate surface area is 127 Å². The van der Waals surface area contributed by atoms with Gasteiger partial charge in [-0.25, -0.2) is 4.39 Å². The van der Waals surface area contributed by atoms with E-state index in [1.54, 1.807) is 23.9 Å². The van der Waals surface area contributed by atoms with E-state index >= 15 is 0 Å². The van der Waals surface area contributed by atoms with E-state index in [0.717, 1.165) is 16.1 Å². The Morgan fingerprint density at radius 1 is 1.29 bits per heavy atom. The van der Waals surface area contributed by atoms with Crippen molar-refractivity contribution in [2.45, 2.75) is 18.2 Å². The number of carbonyl (C=O) groups excluding carboxylic acids is 1. The molecule has 0 bridgehead atoms. The Morgan fingerprint density at radius 3 is 2.86 bits per heavy atom. The van der Waals surface area contributed by atoms with Crippen molar-refractivity contribution >= 4 is 29.0 Å². The van der Waals surface area contributed by atoms with Crippen LogP contribution in [0.25, 0.3) is 0 Å². The third-order valence-electron chi connectivity index (χ3n) is 2.86. The molecule has 1 amide bonds. The number of nitrogen functional groups attached to an aromatic ring is 1. The van der Waals surface area contributed by atoms with Crippen molar-refractivity contribution in [1.29, 1.82) is 0 Å². The largest absolute Gasteiger partial charge is 0.398 e. The maximum absolute atomic E-state index is 13.0. The molecule has 0 saturated heterocycles. The van der Waals surface area contributed by atoms with Gasteiger partial charge in [-0.3, -0.25) is 4.79 Å². The van der Waals surface area contributed by atoms with Crippen LogP contribution in [-0.4, -0.2) is 11.7 Å². The topological polar surface area (TPSA) is 55.1 Å². The van der Waals surface area contributed by atoms with Gasteiger partial charge in [-0.05, 0) is 42.8 Å². The van der Waals surface area contributed by atoms with Crippen molar-refractivity contribution < 1.29 is 9.18 Å². The second-order valence-corrected chi connectivity index (χ2v) is 5.84. The predicted octanol–water partition coefficient (Wildman–Crippen LogP) is 3.84. The fourth-order valence-corrected chi connectivity index (χ4v) is 2.82. The van der Waals surface area contributed by atoms with Gasteiger partial charge in [-0.15, -0.1) is 11.8 Å². The first-order chi connectivity index (χ1) is 10.0. The van der Waals surface area contributed by atoms with Gasteiger partial charge in [-0.2, -0.15) is 0 Å². The van der Waals surface area contributed by atoms with E-state index in [9.17, 15) is 9.18 Å². The van der Waals surface area contributed by atoms with Gasteiger partial charge in [0, 0.05) is 28.4 Å². The molecule has 0 aliphatic heterocycles. The highest BCUT2D eigenvalue weighted by Crippen LogP contribution is 2.26. The molecule has 0 heterocycles. The molecule has 0 atom stereocenters. The van der Waals surface area contributed by atoms with E-state index in [2.05, 4.69) is 5.32 Å². The first-order valence-corrected chi connectivity index (χ1v) is 7.57. The van der Waals surface area contributed by atoms with Crippen molar-refractivity contribution in [2.24, 2.45) is 0 Å². The third kappa shape index (κ3) is 4.79. The van der Waals surface area contributed by atoms with Gasteiger partial charge in [0.1, 0.15) is 5.82 Å².